The molecule has 6 nitrogen and oxygen atoms in total. The second-order valence-electron chi connectivity index (χ2n) is 6.49. The lowest BCUT2D eigenvalue weighted by Gasteiger charge is -2.19. The lowest BCUT2D eigenvalue weighted by atomic mass is 10.1. The molecule has 0 aliphatic carbocycles. The molecule has 0 radical (unpaired) electrons. The van der Waals surface area contributed by atoms with E-state index in [4.69, 9.17) is 21.1 Å². The largest absolute Gasteiger partial charge is 0.496 e. The van der Waals surface area contributed by atoms with E-state index in [1.165, 1.54) is 0 Å². The van der Waals surface area contributed by atoms with E-state index in [-0.39, 0.29) is 11.8 Å². The molecule has 0 heterocycles. The van der Waals surface area contributed by atoms with Crippen molar-refractivity contribution in [1.82, 2.24) is 10.2 Å². The van der Waals surface area contributed by atoms with Gasteiger partial charge in [-0.1, -0.05) is 23.7 Å². The van der Waals surface area contributed by atoms with E-state index in [9.17, 15) is 9.59 Å². The van der Waals surface area contributed by atoms with Crippen LogP contribution in [0.15, 0.2) is 42.5 Å². The van der Waals surface area contributed by atoms with Crippen molar-refractivity contribution in [3.05, 3.63) is 58.6 Å². The normalized spacial score (nSPS) is 10.3. The molecule has 156 valence electrons. The summed E-state index contributed by atoms with van der Waals surface area (Å²) in [6.07, 6.45) is 0.866. The fraction of sp³-hybridized carbons (Fsp3) is 0.364. The van der Waals surface area contributed by atoms with Crippen molar-refractivity contribution in [3.63, 3.8) is 0 Å². The smallest absolute Gasteiger partial charge is 0.255 e. The second kappa shape index (κ2) is 11.3. The van der Waals surface area contributed by atoms with E-state index in [1.807, 2.05) is 13.0 Å². The zero-order valence-electron chi connectivity index (χ0n) is 17.0. The summed E-state index contributed by atoms with van der Waals surface area (Å²) in [5, 5.41) is 3.43. The number of para-hydroxylation sites is 1. The van der Waals surface area contributed by atoms with E-state index in [0.717, 1.165) is 5.56 Å². The lowest BCUT2D eigenvalue weighted by Crippen LogP contribution is -2.29. The molecule has 0 spiro atoms. The Kier molecular flexibility index (Phi) is 8.80. The molecule has 0 aliphatic rings. The maximum atomic E-state index is 12.4. The Morgan fingerprint density at radius 2 is 1.90 bits per heavy atom. The lowest BCUT2D eigenvalue weighted by molar-refractivity contribution is -0.130. The molecular formula is C22H27ClN2O4. The molecule has 29 heavy (non-hydrogen) atoms. The minimum absolute atomic E-state index is 0.0176. The zero-order valence-corrected chi connectivity index (χ0v) is 17.8. The van der Waals surface area contributed by atoms with Gasteiger partial charge in [0.05, 0.1) is 19.3 Å². The molecule has 7 heteroatoms. The van der Waals surface area contributed by atoms with Crippen LogP contribution in [-0.2, 0) is 11.3 Å². The van der Waals surface area contributed by atoms with Crippen LogP contribution in [0.2, 0.25) is 5.02 Å². The third-order valence-corrected chi connectivity index (χ3v) is 4.60. The van der Waals surface area contributed by atoms with Crippen LogP contribution in [0.25, 0.3) is 0 Å². The minimum atomic E-state index is -0.210. The molecule has 0 unspecified atom stereocenters. The Balaban J connectivity index is 1.81. The van der Waals surface area contributed by atoms with Crippen molar-refractivity contribution in [3.8, 4) is 11.5 Å². The van der Waals surface area contributed by atoms with Crippen molar-refractivity contribution < 1.29 is 19.1 Å². The van der Waals surface area contributed by atoms with Crippen LogP contribution in [0.3, 0.4) is 0 Å². The van der Waals surface area contributed by atoms with Crippen LogP contribution in [-0.4, -0.2) is 44.0 Å². The van der Waals surface area contributed by atoms with Gasteiger partial charge in [0, 0.05) is 37.1 Å². The number of nitrogens with zero attached hydrogens (tertiary/aromatic N) is 1. The highest BCUT2D eigenvalue weighted by molar-refractivity contribution is 6.30. The fourth-order valence-electron chi connectivity index (χ4n) is 2.88. The summed E-state index contributed by atoms with van der Waals surface area (Å²) in [6.45, 7) is 3.16. The zero-order chi connectivity index (χ0) is 21.2. The van der Waals surface area contributed by atoms with Gasteiger partial charge >= 0.3 is 0 Å². The highest BCUT2D eigenvalue weighted by Crippen LogP contribution is 2.24. The first kappa shape index (κ1) is 22.6. The molecule has 2 aromatic rings. The maximum Gasteiger partial charge on any atom is 0.255 e. The summed E-state index contributed by atoms with van der Waals surface area (Å²) in [5.41, 5.74) is 1.34. The number of hydrogen-bond acceptors (Lipinski definition) is 4. The Morgan fingerprint density at radius 3 is 2.62 bits per heavy atom. The molecular weight excluding hydrogens is 392 g/mol. The SMILES string of the molecule is CCOc1ccccc1C(=O)NCCCC(=O)N(C)Cc1cc(Cl)ccc1OC. The van der Waals surface area contributed by atoms with Crippen molar-refractivity contribution in [2.45, 2.75) is 26.3 Å². The standard InChI is InChI=1S/C22H27ClN2O4/c1-4-29-20-9-6-5-8-18(20)22(27)24-13-7-10-21(26)25(2)15-16-14-17(23)11-12-19(16)28-3/h5-6,8-9,11-12,14H,4,7,10,13,15H2,1-3H3,(H,24,27). The molecule has 1 N–H and O–H groups in total. The van der Waals surface area contributed by atoms with Crippen molar-refractivity contribution in [2.75, 3.05) is 27.3 Å². The summed E-state index contributed by atoms with van der Waals surface area (Å²) in [4.78, 5) is 26.4. The monoisotopic (exact) mass is 418 g/mol. The van der Waals surface area contributed by atoms with Gasteiger partial charge in [-0.3, -0.25) is 9.59 Å². The Morgan fingerprint density at radius 1 is 1.14 bits per heavy atom. The number of benzene rings is 2. The number of hydrogen-bond donors (Lipinski definition) is 1. The van der Waals surface area contributed by atoms with E-state index in [2.05, 4.69) is 5.32 Å². The summed E-state index contributed by atoms with van der Waals surface area (Å²) < 4.78 is 10.8. The third kappa shape index (κ3) is 6.68. The van der Waals surface area contributed by atoms with E-state index in [0.29, 0.717) is 54.6 Å². The average molecular weight is 419 g/mol. The summed E-state index contributed by atoms with van der Waals surface area (Å²) >= 11 is 6.04. The molecule has 0 aromatic heterocycles. The van der Waals surface area contributed by atoms with E-state index < -0.39 is 0 Å². The number of carbonyl (C=O) groups is 2. The highest BCUT2D eigenvalue weighted by atomic mass is 35.5. The number of halogens is 1. The van der Waals surface area contributed by atoms with Gasteiger partial charge in [0.2, 0.25) is 5.91 Å². The Labute approximate surface area is 176 Å². The van der Waals surface area contributed by atoms with Gasteiger partial charge < -0.3 is 19.7 Å². The van der Waals surface area contributed by atoms with Gasteiger partial charge in [0.25, 0.3) is 5.91 Å². The van der Waals surface area contributed by atoms with Gasteiger partial charge in [0.1, 0.15) is 11.5 Å². The van der Waals surface area contributed by atoms with Gasteiger partial charge in [0.15, 0.2) is 0 Å². The van der Waals surface area contributed by atoms with E-state index in [1.54, 1.807) is 55.5 Å². The third-order valence-electron chi connectivity index (χ3n) is 4.36. The van der Waals surface area contributed by atoms with Crippen LogP contribution in [0.4, 0.5) is 0 Å². The first-order valence-corrected chi connectivity index (χ1v) is 9.90. The average Bonchev–Trinajstić information content (AvgIpc) is 2.71. The van der Waals surface area contributed by atoms with Gasteiger partial charge in [-0.15, -0.1) is 0 Å². The minimum Gasteiger partial charge on any atom is -0.496 e. The first-order valence-electron chi connectivity index (χ1n) is 9.52. The van der Waals surface area contributed by atoms with E-state index >= 15 is 0 Å². The number of nitrogens with one attached hydrogen (secondary N) is 1. The fourth-order valence-corrected chi connectivity index (χ4v) is 3.07. The summed E-state index contributed by atoms with van der Waals surface area (Å²) in [6, 6.07) is 12.4. The first-order chi connectivity index (χ1) is 14.0. The van der Waals surface area contributed by atoms with Crippen molar-refractivity contribution >= 4 is 23.4 Å². The molecule has 0 fully saturated rings. The molecule has 2 amide bonds. The van der Waals surface area contributed by atoms with Crippen LogP contribution >= 0.6 is 11.6 Å². The van der Waals surface area contributed by atoms with Gasteiger partial charge in [-0.25, -0.2) is 0 Å². The second-order valence-corrected chi connectivity index (χ2v) is 6.93. The highest BCUT2D eigenvalue weighted by Gasteiger charge is 2.14. The maximum absolute atomic E-state index is 12.4. The van der Waals surface area contributed by atoms with Crippen LogP contribution < -0.4 is 14.8 Å². The molecule has 0 saturated heterocycles. The number of amides is 2. The Hall–Kier alpha value is -2.73. The molecule has 2 rings (SSSR count). The number of methoxy groups -OCH3 is 1. The molecule has 0 aliphatic heterocycles. The molecule has 0 saturated carbocycles. The number of rotatable bonds is 10. The Bertz CT molecular complexity index is 841. The summed E-state index contributed by atoms with van der Waals surface area (Å²) in [5.74, 6) is 1.02. The van der Waals surface area contributed by atoms with Gasteiger partial charge in [-0.05, 0) is 43.7 Å². The van der Waals surface area contributed by atoms with Crippen LogP contribution in [0, 0.1) is 0 Å². The summed E-state index contributed by atoms with van der Waals surface area (Å²) in [7, 11) is 3.32. The van der Waals surface area contributed by atoms with Crippen molar-refractivity contribution in [2.24, 2.45) is 0 Å². The number of carbonyl (C=O) groups excluding carboxylic acids is 2. The predicted molar refractivity (Wildman–Crippen MR) is 114 cm³/mol. The quantitative estimate of drug-likeness (QED) is 0.594. The molecule has 0 atom stereocenters. The topological polar surface area (TPSA) is 67.9 Å². The molecule has 2 aromatic carbocycles. The van der Waals surface area contributed by atoms with Crippen LogP contribution in [0.5, 0.6) is 11.5 Å². The number of ether oxygens (including phenoxy) is 2. The van der Waals surface area contributed by atoms with Crippen LogP contribution in [0.1, 0.15) is 35.7 Å². The van der Waals surface area contributed by atoms with Gasteiger partial charge in [-0.2, -0.15) is 0 Å². The van der Waals surface area contributed by atoms with Crippen molar-refractivity contribution in [1.29, 1.82) is 0 Å². The molecule has 0 bridgehead atoms. The predicted octanol–water partition coefficient (Wildman–Crippen LogP) is 3.92.